The number of hydrogen-bond acceptors (Lipinski definition) is 6. The summed E-state index contributed by atoms with van der Waals surface area (Å²) in [6.07, 6.45) is 1.50. The third-order valence-electron chi connectivity index (χ3n) is 3.64. The quantitative estimate of drug-likeness (QED) is 0.222. The number of aliphatic imine (C=N–C) groups is 1. The van der Waals surface area contributed by atoms with E-state index in [0.717, 1.165) is 5.57 Å². The van der Waals surface area contributed by atoms with Crippen molar-refractivity contribution in [3.63, 3.8) is 0 Å². The molecule has 0 atom stereocenters. The fourth-order valence-corrected chi connectivity index (χ4v) is 2.25. The number of aliphatic hydroxyl groups is 1. The van der Waals surface area contributed by atoms with Crippen molar-refractivity contribution in [1.82, 2.24) is 15.5 Å². The van der Waals surface area contributed by atoms with E-state index in [4.69, 9.17) is 9.47 Å². The van der Waals surface area contributed by atoms with Crippen LogP contribution in [0, 0.1) is 0 Å². The maximum atomic E-state index is 12.4. The Bertz CT molecular complexity index is 690. The lowest BCUT2D eigenvalue weighted by atomic mass is 10.2. The molecule has 0 saturated heterocycles. The summed E-state index contributed by atoms with van der Waals surface area (Å²) in [6, 6.07) is 0. The highest BCUT2D eigenvalue weighted by atomic mass is 16.6. The molecular formula is C22H40N4O6. The molecule has 0 radical (unpaired) electrons. The standard InChI is InChI=1S/C22H40N4O6/c1-16(15-27)11-14-26(13-10-9-12-23-17(2)28)18(24-19(29)31-21(3,4)5)25-20(30)32-22(6,7)8/h11,27H,9-10,12-15H2,1-8H3,(H,23,28)(H,24,25,29,30)/b16-11-. The van der Waals surface area contributed by atoms with Crippen LogP contribution in [0.1, 0.15) is 68.2 Å². The number of amides is 3. The normalized spacial score (nSPS) is 12.8. The van der Waals surface area contributed by atoms with Gasteiger partial charge in [-0.15, -0.1) is 4.99 Å². The molecule has 0 unspecified atom stereocenters. The van der Waals surface area contributed by atoms with Gasteiger partial charge in [-0.25, -0.2) is 9.59 Å². The fourth-order valence-electron chi connectivity index (χ4n) is 2.25. The van der Waals surface area contributed by atoms with Crippen molar-refractivity contribution < 1.29 is 29.0 Å². The van der Waals surface area contributed by atoms with Crippen LogP contribution in [0.5, 0.6) is 0 Å². The number of nitrogens with zero attached hydrogens (tertiary/aromatic N) is 2. The van der Waals surface area contributed by atoms with Crippen molar-refractivity contribution in [2.45, 2.75) is 79.4 Å². The Kier molecular flexibility index (Phi) is 12.6. The topological polar surface area (TPSA) is 130 Å². The molecule has 0 aliphatic heterocycles. The molecule has 0 aromatic carbocycles. The second-order valence-corrected chi connectivity index (χ2v) is 9.39. The molecule has 184 valence electrons. The Morgan fingerprint density at radius 2 is 1.59 bits per heavy atom. The molecular weight excluding hydrogens is 416 g/mol. The number of carbonyl (C=O) groups excluding carboxylic acids is 3. The van der Waals surface area contributed by atoms with Gasteiger partial charge in [0.2, 0.25) is 11.9 Å². The highest BCUT2D eigenvalue weighted by Gasteiger charge is 2.23. The molecule has 3 amide bonds. The third-order valence-corrected chi connectivity index (χ3v) is 3.64. The van der Waals surface area contributed by atoms with Gasteiger partial charge in [0.25, 0.3) is 0 Å². The summed E-state index contributed by atoms with van der Waals surface area (Å²) in [7, 11) is 0. The number of alkyl carbamates (subject to hydrolysis) is 1. The zero-order valence-corrected chi connectivity index (χ0v) is 20.7. The van der Waals surface area contributed by atoms with Gasteiger partial charge in [0.1, 0.15) is 11.2 Å². The highest BCUT2D eigenvalue weighted by molar-refractivity contribution is 5.99. The Labute approximate surface area is 191 Å². The van der Waals surface area contributed by atoms with Gasteiger partial charge in [-0.05, 0) is 61.3 Å². The van der Waals surface area contributed by atoms with E-state index in [2.05, 4.69) is 15.6 Å². The number of unbranched alkanes of at least 4 members (excludes halogenated alkanes) is 1. The van der Waals surface area contributed by atoms with E-state index < -0.39 is 23.4 Å². The van der Waals surface area contributed by atoms with Crippen molar-refractivity contribution in [3.05, 3.63) is 11.6 Å². The third kappa shape index (κ3) is 16.1. The van der Waals surface area contributed by atoms with Crippen LogP contribution in [0.15, 0.2) is 16.6 Å². The maximum Gasteiger partial charge on any atom is 0.437 e. The molecule has 0 heterocycles. The first-order valence-corrected chi connectivity index (χ1v) is 10.7. The molecule has 10 nitrogen and oxygen atoms in total. The molecule has 0 saturated carbocycles. The summed E-state index contributed by atoms with van der Waals surface area (Å²) in [5.41, 5.74) is -0.770. The van der Waals surface area contributed by atoms with Crippen molar-refractivity contribution in [2.75, 3.05) is 26.2 Å². The Hall–Kier alpha value is -2.62. The van der Waals surface area contributed by atoms with Gasteiger partial charge in [0, 0.05) is 26.6 Å². The molecule has 0 fully saturated rings. The predicted molar refractivity (Wildman–Crippen MR) is 123 cm³/mol. The van der Waals surface area contributed by atoms with Crippen LogP contribution in [0.3, 0.4) is 0 Å². The first kappa shape index (κ1) is 29.4. The first-order valence-electron chi connectivity index (χ1n) is 10.7. The molecule has 0 spiro atoms. The van der Waals surface area contributed by atoms with E-state index in [1.807, 2.05) is 0 Å². The predicted octanol–water partition coefficient (Wildman–Crippen LogP) is 2.96. The second kappa shape index (κ2) is 13.7. The minimum atomic E-state index is -0.852. The van der Waals surface area contributed by atoms with Gasteiger partial charge in [0.15, 0.2) is 0 Å². The first-order chi connectivity index (χ1) is 14.6. The lowest BCUT2D eigenvalue weighted by molar-refractivity contribution is -0.118. The van der Waals surface area contributed by atoms with E-state index in [0.29, 0.717) is 25.9 Å². The van der Waals surface area contributed by atoms with E-state index in [1.54, 1.807) is 59.4 Å². The zero-order chi connectivity index (χ0) is 24.9. The fraction of sp³-hybridized carbons (Fsp3) is 0.727. The van der Waals surface area contributed by atoms with Crippen molar-refractivity contribution in [3.8, 4) is 0 Å². The summed E-state index contributed by atoms with van der Waals surface area (Å²) in [4.78, 5) is 41.4. The van der Waals surface area contributed by atoms with Crippen molar-refractivity contribution >= 4 is 24.1 Å². The van der Waals surface area contributed by atoms with Gasteiger partial charge in [-0.3, -0.25) is 10.1 Å². The number of guanidine groups is 1. The van der Waals surface area contributed by atoms with E-state index >= 15 is 0 Å². The molecule has 10 heteroatoms. The van der Waals surface area contributed by atoms with Gasteiger partial charge < -0.3 is 24.8 Å². The van der Waals surface area contributed by atoms with Crippen molar-refractivity contribution in [1.29, 1.82) is 0 Å². The van der Waals surface area contributed by atoms with E-state index in [-0.39, 0.29) is 25.0 Å². The summed E-state index contributed by atoms with van der Waals surface area (Å²) in [5, 5.41) is 14.6. The number of carbonyl (C=O) groups is 3. The lowest BCUT2D eigenvalue weighted by Crippen LogP contribution is -2.47. The van der Waals surface area contributed by atoms with Crippen LogP contribution in [0.25, 0.3) is 0 Å². The molecule has 32 heavy (non-hydrogen) atoms. The minimum absolute atomic E-state index is 0.0185. The zero-order valence-electron chi connectivity index (χ0n) is 20.7. The van der Waals surface area contributed by atoms with Crippen LogP contribution in [0.2, 0.25) is 0 Å². The lowest BCUT2D eigenvalue weighted by Gasteiger charge is -2.27. The number of ether oxygens (including phenoxy) is 2. The Morgan fingerprint density at radius 3 is 2.09 bits per heavy atom. The average Bonchev–Trinajstić information content (AvgIpc) is 2.59. The Balaban J connectivity index is 5.69. The number of rotatable bonds is 8. The van der Waals surface area contributed by atoms with Gasteiger partial charge >= 0.3 is 12.2 Å². The van der Waals surface area contributed by atoms with Gasteiger partial charge in [-0.2, -0.15) is 0 Å². The molecule has 0 rings (SSSR count). The largest absolute Gasteiger partial charge is 0.444 e. The minimum Gasteiger partial charge on any atom is -0.444 e. The molecule has 0 aliphatic rings. The molecule has 0 aromatic rings. The van der Waals surface area contributed by atoms with E-state index in [1.165, 1.54) is 6.92 Å². The molecule has 0 aliphatic carbocycles. The SMILES string of the molecule is CC(=O)NCCCCN(C/C=C(/C)CO)/C(=N\C(=O)OC(C)(C)C)NC(=O)OC(C)(C)C. The molecule has 0 bridgehead atoms. The van der Waals surface area contributed by atoms with Crippen LogP contribution >= 0.6 is 0 Å². The number of hydrogen-bond donors (Lipinski definition) is 3. The number of aliphatic hydroxyl groups excluding tert-OH is 1. The average molecular weight is 457 g/mol. The monoisotopic (exact) mass is 456 g/mol. The second-order valence-electron chi connectivity index (χ2n) is 9.39. The van der Waals surface area contributed by atoms with E-state index in [9.17, 15) is 19.5 Å². The van der Waals surface area contributed by atoms with Gasteiger partial charge in [0.05, 0.1) is 6.61 Å². The van der Waals surface area contributed by atoms with Crippen LogP contribution in [-0.2, 0) is 14.3 Å². The van der Waals surface area contributed by atoms with Gasteiger partial charge in [-0.1, -0.05) is 11.6 Å². The number of nitrogens with one attached hydrogen (secondary N) is 2. The summed E-state index contributed by atoms with van der Waals surface area (Å²) in [6.45, 7) is 14.6. The summed E-state index contributed by atoms with van der Waals surface area (Å²) < 4.78 is 10.6. The summed E-state index contributed by atoms with van der Waals surface area (Å²) in [5.74, 6) is -0.128. The molecule has 3 N–H and O–H groups in total. The van der Waals surface area contributed by atoms with Crippen LogP contribution < -0.4 is 10.6 Å². The summed E-state index contributed by atoms with van der Waals surface area (Å²) >= 11 is 0. The maximum absolute atomic E-state index is 12.4. The van der Waals surface area contributed by atoms with Crippen LogP contribution in [0.4, 0.5) is 9.59 Å². The van der Waals surface area contributed by atoms with Crippen LogP contribution in [-0.4, -0.2) is 71.5 Å². The Morgan fingerprint density at radius 1 is 1.00 bits per heavy atom. The smallest absolute Gasteiger partial charge is 0.437 e. The highest BCUT2D eigenvalue weighted by Crippen LogP contribution is 2.10. The molecule has 0 aromatic heterocycles. The van der Waals surface area contributed by atoms with Crippen molar-refractivity contribution in [2.24, 2.45) is 4.99 Å².